The summed E-state index contributed by atoms with van der Waals surface area (Å²) < 4.78 is 12.3. The van der Waals surface area contributed by atoms with E-state index in [2.05, 4.69) is 10.2 Å². The van der Waals surface area contributed by atoms with Gasteiger partial charge >= 0.3 is 0 Å². The van der Waals surface area contributed by atoms with Crippen molar-refractivity contribution in [2.24, 2.45) is 0 Å². The number of hydrogen-bond acceptors (Lipinski definition) is 4. The molecule has 3 aromatic heterocycles. The topological polar surface area (TPSA) is 52.6 Å². The first-order chi connectivity index (χ1) is 7.88. The Labute approximate surface area is 91.3 Å². The van der Waals surface area contributed by atoms with Gasteiger partial charge in [0.2, 0.25) is 5.82 Å². The van der Waals surface area contributed by atoms with Gasteiger partial charge in [-0.2, -0.15) is 0 Å². The van der Waals surface area contributed by atoms with Gasteiger partial charge in [0.15, 0.2) is 11.4 Å². The minimum atomic E-state index is 0.666. The minimum absolute atomic E-state index is 0.666. The first-order valence-corrected chi connectivity index (χ1v) is 4.81. The van der Waals surface area contributed by atoms with Gasteiger partial charge in [0.1, 0.15) is 5.75 Å². The van der Waals surface area contributed by atoms with Gasteiger partial charge in [0.25, 0.3) is 0 Å². The molecule has 0 unspecified atom stereocenters. The summed E-state index contributed by atoms with van der Waals surface area (Å²) in [5.74, 6) is 2.10. The fourth-order valence-electron chi connectivity index (χ4n) is 1.57. The van der Waals surface area contributed by atoms with Crippen LogP contribution in [-0.4, -0.2) is 21.7 Å². The number of nitrogens with zero attached hydrogens (tertiary/aromatic N) is 3. The zero-order chi connectivity index (χ0) is 11.0. The molecule has 16 heavy (non-hydrogen) atoms. The Balaban J connectivity index is 2.25. The highest BCUT2D eigenvalue weighted by Gasteiger charge is 2.10. The van der Waals surface area contributed by atoms with Crippen LogP contribution in [-0.2, 0) is 0 Å². The molecule has 3 rings (SSSR count). The lowest BCUT2D eigenvalue weighted by Gasteiger charge is -2.00. The normalized spacial score (nSPS) is 10.8. The lowest BCUT2D eigenvalue weighted by molar-refractivity contribution is 0.412. The van der Waals surface area contributed by atoms with Gasteiger partial charge in [-0.1, -0.05) is 0 Å². The van der Waals surface area contributed by atoms with Crippen molar-refractivity contribution < 1.29 is 9.15 Å². The third kappa shape index (κ3) is 1.25. The van der Waals surface area contributed by atoms with Gasteiger partial charge in [-0.25, -0.2) is 0 Å². The van der Waals surface area contributed by atoms with Gasteiger partial charge in [-0.3, -0.25) is 4.40 Å². The molecule has 0 aliphatic heterocycles. The Hall–Kier alpha value is -2.30. The molecular weight excluding hydrogens is 206 g/mol. The van der Waals surface area contributed by atoms with Gasteiger partial charge in [-0.15, -0.1) is 10.2 Å². The quantitative estimate of drug-likeness (QED) is 0.656. The largest absolute Gasteiger partial charge is 0.495 e. The highest BCUT2D eigenvalue weighted by atomic mass is 16.5. The number of pyridine rings is 1. The molecule has 0 N–H and O–H groups in total. The summed E-state index contributed by atoms with van der Waals surface area (Å²) in [4.78, 5) is 0. The van der Waals surface area contributed by atoms with Crippen LogP contribution in [0.15, 0.2) is 41.1 Å². The third-order valence-electron chi connectivity index (χ3n) is 2.35. The lowest BCUT2D eigenvalue weighted by Crippen LogP contribution is -1.90. The molecule has 3 aromatic rings. The maximum absolute atomic E-state index is 5.30. The molecule has 0 saturated heterocycles. The molecule has 0 bridgehead atoms. The first-order valence-electron chi connectivity index (χ1n) is 4.81. The Morgan fingerprint density at radius 2 is 2.19 bits per heavy atom. The number of methoxy groups -OCH3 is 1. The van der Waals surface area contributed by atoms with Crippen LogP contribution in [0.5, 0.6) is 5.75 Å². The predicted octanol–water partition coefficient (Wildman–Crippen LogP) is 2.00. The molecule has 0 saturated carbocycles. The summed E-state index contributed by atoms with van der Waals surface area (Å²) in [6.07, 6.45) is 3.43. The van der Waals surface area contributed by atoms with E-state index in [1.54, 1.807) is 13.4 Å². The fourth-order valence-corrected chi connectivity index (χ4v) is 1.57. The van der Waals surface area contributed by atoms with Crippen molar-refractivity contribution in [3.8, 4) is 17.3 Å². The Kier molecular flexibility index (Phi) is 1.89. The van der Waals surface area contributed by atoms with Crippen LogP contribution in [0.1, 0.15) is 0 Å². The van der Waals surface area contributed by atoms with Gasteiger partial charge < -0.3 is 9.15 Å². The standard InChI is InChI=1S/C11H9N3O2/c1-15-8-4-5-10-12-13-11(14(10)7-8)9-3-2-6-16-9/h2-7H,1H3. The molecule has 0 aliphatic carbocycles. The zero-order valence-corrected chi connectivity index (χ0v) is 8.62. The molecule has 0 aromatic carbocycles. The molecule has 0 radical (unpaired) electrons. The molecule has 0 aliphatic rings. The summed E-state index contributed by atoms with van der Waals surface area (Å²) in [6.45, 7) is 0. The van der Waals surface area contributed by atoms with E-state index in [0.717, 1.165) is 11.4 Å². The minimum Gasteiger partial charge on any atom is -0.495 e. The Morgan fingerprint density at radius 3 is 2.94 bits per heavy atom. The zero-order valence-electron chi connectivity index (χ0n) is 8.62. The van der Waals surface area contributed by atoms with Crippen LogP contribution in [0.4, 0.5) is 0 Å². The fraction of sp³-hybridized carbons (Fsp3) is 0.0909. The van der Waals surface area contributed by atoms with E-state index in [4.69, 9.17) is 9.15 Å². The number of aromatic nitrogens is 3. The first kappa shape index (κ1) is 8.96. The van der Waals surface area contributed by atoms with Crippen LogP contribution >= 0.6 is 0 Å². The molecule has 0 atom stereocenters. The highest BCUT2D eigenvalue weighted by molar-refractivity contribution is 5.54. The molecule has 5 heteroatoms. The van der Waals surface area contributed by atoms with Crippen LogP contribution in [0.2, 0.25) is 0 Å². The molecule has 3 heterocycles. The van der Waals surface area contributed by atoms with E-state index in [1.807, 2.05) is 34.9 Å². The van der Waals surface area contributed by atoms with Crippen molar-refractivity contribution in [1.29, 1.82) is 0 Å². The predicted molar refractivity (Wildman–Crippen MR) is 57.2 cm³/mol. The maximum atomic E-state index is 5.30. The van der Waals surface area contributed by atoms with Crippen molar-refractivity contribution in [2.45, 2.75) is 0 Å². The highest BCUT2D eigenvalue weighted by Crippen LogP contribution is 2.20. The second-order valence-electron chi connectivity index (χ2n) is 3.30. The summed E-state index contributed by atoms with van der Waals surface area (Å²) in [5, 5.41) is 8.12. The summed E-state index contributed by atoms with van der Waals surface area (Å²) in [6, 6.07) is 7.35. The number of furan rings is 1. The van der Waals surface area contributed by atoms with E-state index in [0.29, 0.717) is 11.6 Å². The number of hydrogen-bond donors (Lipinski definition) is 0. The molecule has 0 fully saturated rings. The summed E-state index contributed by atoms with van der Waals surface area (Å²) in [7, 11) is 1.62. The maximum Gasteiger partial charge on any atom is 0.204 e. The Morgan fingerprint density at radius 1 is 1.25 bits per heavy atom. The van der Waals surface area contributed by atoms with Gasteiger partial charge in [-0.05, 0) is 24.3 Å². The van der Waals surface area contributed by atoms with Crippen LogP contribution in [0.25, 0.3) is 17.2 Å². The second-order valence-corrected chi connectivity index (χ2v) is 3.30. The van der Waals surface area contributed by atoms with Gasteiger partial charge in [0, 0.05) is 0 Å². The van der Waals surface area contributed by atoms with E-state index in [1.165, 1.54) is 0 Å². The van der Waals surface area contributed by atoms with Crippen LogP contribution < -0.4 is 4.74 Å². The molecule has 80 valence electrons. The number of rotatable bonds is 2. The van der Waals surface area contributed by atoms with Crippen molar-refractivity contribution >= 4 is 5.65 Å². The summed E-state index contributed by atoms with van der Waals surface area (Å²) >= 11 is 0. The van der Waals surface area contributed by atoms with E-state index < -0.39 is 0 Å². The molecular formula is C11H9N3O2. The molecule has 5 nitrogen and oxygen atoms in total. The third-order valence-corrected chi connectivity index (χ3v) is 2.35. The van der Waals surface area contributed by atoms with E-state index >= 15 is 0 Å². The number of ether oxygens (including phenoxy) is 1. The average molecular weight is 215 g/mol. The molecule has 0 amide bonds. The van der Waals surface area contributed by atoms with Crippen LogP contribution in [0.3, 0.4) is 0 Å². The lowest BCUT2D eigenvalue weighted by atomic mass is 10.4. The van der Waals surface area contributed by atoms with E-state index in [9.17, 15) is 0 Å². The van der Waals surface area contributed by atoms with Crippen molar-refractivity contribution in [3.05, 3.63) is 36.7 Å². The smallest absolute Gasteiger partial charge is 0.204 e. The van der Waals surface area contributed by atoms with E-state index in [-0.39, 0.29) is 0 Å². The monoisotopic (exact) mass is 215 g/mol. The van der Waals surface area contributed by atoms with Crippen molar-refractivity contribution in [2.75, 3.05) is 7.11 Å². The van der Waals surface area contributed by atoms with Crippen molar-refractivity contribution in [1.82, 2.24) is 14.6 Å². The number of fused-ring (bicyclic) bond motifs is 1. The average Bonchev–Trinajstić information content (AvgIpc) is 2.96. The molecule has 0 spiro atoms. The summed E-state index contributed by atoms with van der Waals surface area (Å²) in [5.41, 5.74) is 0.757. The SMILES string of the molecule is COc1ccc2nnc(-c3ccco3)n2c1. The Bertz CT molecular complexity index is 613. The van der Waals surface area contributed by atoms with Crippen LogP contribution in [0, 0.1) is 0 Å². The van der Waals surface area contributed by atoms with Crippen molar-refractivity contribution in [3.63, 3.8) is 0 Å². The van der Waals surface area contributed by atoms with Gasteiger partial charge in [0.05, 0.1) is 19.6 Å². The second kappa shape index (κ2) is 3.37.